The second-order valence-electron chi connectivity index (χ2n) is 4.64. The van der Waals surface area contributed by atoms with Crippen molar-refractivity contribution in [2.75, 3.05) is 0 Å². The summed E-state index contributed by atoms with van der Waals surface area (Å²) in [5, 5.41) is 3.71. The number of benzene rings is 1. The molecule has 0 N–H and O–H groups in total. The Labute approximate surface area is 133 Å². The van der Waals surface area contributed by atoms with Gasteiger partial charge in [-0.1, -0.05) is 11.2 Å². The highest BCUT2D eigenvalue weighted by molar-refractivity contribution is 7.92. The van der Waals surface area contributed by atoms with E-state index in [0.717, 1.165) is 12.1 Å². The number of hydrogen-bond donors (Lipinski definition) is 0. The predicted molar refractivity (Wildman–Crippen MR) is 76.2 cm³/mol. The first-order valence-corrected chi connectivity index (χ1v) is 7.93. The van der Waals surface area contributed by atoms with Crippen LogP contribution >= 0.6 is 0 Å². The standard InChI is InChI=1S/C14H8F3N3O3S/c15-14(16,17)24(21,22)11-5-1-3-9(7-11)13-19-12(20-23-13)10-4-2-6-18-8-10/h1-8H. The summed E-state index contributed by atoms with van der Waals surface area (Å²) < 4.78 is 65.8. The second kappa shape index (κ2) is 5.71. The molecule has 0 spiro atoms. The van der Waals surface area contributed by atoms with Crippen LogP contribution in [0.25, 0.3) is 22.8 Å². The van der Waals surface area contributed by atoms with Gasteiger partial charge in [-0.25, -0.2) is 8.42 Å². The lowest BCUT2D eigenvalue weighted by molar-refractivity contribution is -0.0436. The summed E-state index contributed by atoms with van der Waals surface area (Å²) in [5.41, 5.74) is -4.78. The SMILES string of the molecule is O=S(=O)(c1cccc(-c2nc(-c3cccnc3)no2)c1)C(F)(F)F. The van der Waals surface area contributed by atoms with Crippen molar-refractivity contribution in [1.29, 1.82) is 0 Å². The lowest BCUT2D eigenvalue weighted by atomic mass is 10.2. The third-order valence-corrected chi connectivity index (χ3v) is 4.53. The van der Waals surface area contributed by atoms with E-state index < -0.39 is 20.2 Å². The number of aromatic nitrogens is 3. The van der Waals surface area contributed by atoms with E-state index in [1.165, 1.54) is 18.3 Å². The van der Waals surface area contributed by atoms with E-state index >= 15 is 0 Å². The average molecular weight is 355 g/mol. The minimum atomic E-state index is -5.45. The topological polar surface area (TPSA) is 86.0 Å². The summed E-state index contributed by atoms with van der Waals surface area (Å²) in [4.78, 5) is 7.04. The van der Waals surface area contributed by atoms with Gasteiger partial charge in [-0.3, -0.25) is 4.98 Å². The van der Waals surface area contributed by atoms with Crippen LogP contribution in [0.3, 0.4) is 0 Å². The van der Waals surface area contributed by atoms with Crippen molar-refractivity contribution < 1.29 is 26.1 Å². The van der Waals surface area contributed by atoms with Gasteiger partial charge in [-0.2, -0.15) is 18.2 Å². The van der Waals surface area contributed by atoms with E-state index in [4.69, 9.17) is 4.52 Å². The first kappa shape index (κ1) is 16.1. The first-order chi connectivity index (χ1) is 11.3. The van der Waals surface area contributed by atoms with Crippen molar-refractivity contribution in [3.63, 3.8) is 0 Å². The van der Waals surface area contributed by atoms with E-state index in [9.17, 15) is 21.6 Å². The molecule has 24 heavy (non-hydrogen) atoms. The van der Waals surface area contributed by atoms with E-state index in [1.807, 2.05) is 0 Å². The molecular formula is C14H8F3N3O3S. The van der Waals surface area contributed by atoms with Gasteiger partial charge >= 0.3 is 5.51 Å². The molecule has 0 bridgehead atoms. The van der Waals surface area contributed by atoms with Crippen LogP contribution in [0.2, 0.25) is 0 Å². The molecule has 10 heteroatoms. The first-order valence-electron chi connectivity index (χ1n) is 6.45. The maximum Gasteiger partial charge on any atom is 0.501 e. The van der Waals surface area contributed by atoms with Gasteiger partial charge < -0.3 is 4.52 Å². The van der Waals surface area contributed by atoms with Gasteiger partial charge in [0.1, 0.15) is 0 Å². The van der Waals surface area contributed by atoms with Crippen molar-refractivity contribution in [3.05, 3.63) is 48.8 Å². The maximum absolute atomic E-state index is 12.6. The fourth-order valence-electron chi connectivity index (χ4n) is 1.88. The number of alkyl halides is 3. The number of halogens is 3. The summed E-state index contributed by atoms with van der Waals surface area (Å²) in [6.07, 6.45) is 3.04. The highest BCUT2D eigenvalue weighted by atomic mass is 32.2. The largest absolute Gasteiger partial charge is 0.501 e. The molecule has 0 radical (unpaired) electrons. The molecule has 2 aromatic heterocycles. The number of hydrogen-bond acceptors (Lipinski definition) is 6. The Kier molecular flexibility index (Phi) is 3.84. The highest BCUT2D eigenvalue weighted by Crippen LogP contribution is 2.32. The van der Waals surface area contributed by atoms with Crippen LogP contribution in [0, 0.1) is 0 Å². The zero-order chi connectivity index (χ0) is 17.4. The Bertz CT molecular complexity index is 969. The fourth-order valence-corrected chi connectivity index (χ4v) is 2.69. The lowest BCUT2D eigenvalue weighted by Gasteiger charge is -2.08. The molecule has 0 atom stereocenters. The van der Waals surface area contributed by atoms with Crippen LogP contribution < -0.4 is 0 Å². The van der Waals surface area contributed by atoms with Crippen LogP contribution in [0.1, 0.15) is 0 Å². The normalized spacial score (nSPS) is 12.3. The molecule has 6 nitrogen and oxygen atoms in total. The molecule has 0 aliphatic rings. The van der Waals surface area contributed by atoms with Crippen molar-refractivity contribution in [2.24, 2.45) is 0 Å². The number of sulfone groups is 1. The quantitative estimate of drug-likeness (QED) is 0.718. The summed E-state index contributed by atoms with van der Waals surface area (Å²) in [7, 11) is -5.45. The Hall–Kier alpha value is -2.75. The monoisotopic (exact) mass is 355 g/mol. The summed E-state index contributed by atoms with van der Waals surface area (Å²) >= 11 is 0. The van der Waals surface area contributed by atoms with Crippen molar-refractivity contribution in [2.45, 2.75) is 10.4 Å². The van der Waals surface area contributed by atoms with Gasteiger partial charge in [-0.15, -0.1) is 0 Å². The number of nitrogens with zero attached hydrogens (tertiary/aromatic N) is 3. The number of pyridine rings is 1. The highest BCUT2D eigenvalue weighted by Gasteiger charge is 2.46. The number of rotatable bonds is 3. The molecule has 1 aromatic carbocycles. The molecule has 0 aliphatic carbocycles. The molecule has 0 aliphatic heterocycles. The Morgan fingerprint density at radius 1 is 1.04 bits per heavy atom. The van der Waals surface area contributed by atoms with Gasteiger partial charge in [-0.05, 0) is 30.3 Å². The average Bonchev–Trinajstić information content (AvgIpc) is 3.05. The molecular weight excluding hydrogens is 347 g/mol. The summed E-state index contributed by atoms with van der Waals surface area (Å²) in [6, 6.07) is 7.56. The third-order valence-electron chi connectivity index (χ3n) is 3.04. The third kappa shape index (κ3) is 2.87. The van der Waals surface area contributed by atoms with Gasteiger partial charge in [0.05, 0.1) is 4.90 Å². The molecule has 3 rings (SSSR count). The fraction of sp³-hybridized carbons (Fsp3) is 0.0714. The molecule has 0 saturated heterocycles. The van der Waals surface area contributed by atoms with Crippen LogP contribution in [-0.2, 0) is 9.84 Å². The lowest BCUT2D eigenvalue weighted by Crippen LogP contribution is -2.23. The zero-order valence-electron chi connectivity index (χ0n) is 11.7. The van der Waals surface area contributed by atoms with Crippen LogP contribution in [-0.4, -0.2) is 29.1 Å². The smallest absolute Gasteiger partial charge is 0.334 e. The van der Waals surface area contributed by atoms with Crippen LogP contribution in [0.15, 0.2) is 58.2 Å². The summed E-state index contributed by atoms with van der Waals surface area (Å²) in [6.45, 7) is 0. The van der Waals surface area contributed by atoms with Crippen molar-refractivity contribution >= 4 is 9.84 Å². The van der Waals surface area contributed by atoms with Crippen LogP contribution in [0.4, 0.5) is 13.2 Å². The minimum Gasteiger partial charge on any atom is -0.334 e. The van der Waals surface area contributed by atoms with E-state index in [1.54, 1.807) is 18.3 Å². The van der Waals surface area contributed by atoms with Gasteiger partial charge in [0.2, 0.25) is 5.82 Å². The Morgan fingerprint density at radius 2 is 1.79 bits per heavy atom. The van der Waals surface area contributed by atoms with E-state index in [0.29, 0.717) is 5.56 Å². The molecule has 0 saturated carbocycles. The molecule has 0 fully saturated rings. The van der Waals surface area contributed by atoms with Gasteiger partial charge in [0, 0.05) is 23.5 Å². The van der Waals surface area contributed by atoms with E-state index in [2.05, 4.69) is 15.1 Å². The predicted octanol–water partition coefficient (Wildman–Crippen LogP) is 3.09. The van der Waals surface area contributed by atoms with Crippen LogP contribution in [0.5, 0.6) is 0 Å². The molecule has 2 heterocycles. The minimum absolute atomic E-state index is 0.0583. The molecule has 124 valence electrons. The maximum atomic E-state index is 12.6. The molecule has 0 unspecified atom stereocenters. The molecule has 3 aromatic rings. The molecule has 0 amide bonds. The van der Waals surface area contributed by atoms with Gasteiger partial charge in [0.15, 0.2) is 0 Å². The van der Waals surface area contributed by atoms with Crippen molar-refractivity contribution in [3.8, 4) is 22.8 Å². The summed E-state index contributed by atoms with van der Waals surface area (Å²) in [5.74, 6) is 0.0789. The second-order valence-corrected chi connectivity index (χ2v) is 6.58. The van der Waals surface area contributed by atoms with Gasteiger partial charge in [0.25, 0.3) is 15.7 Å². The Balaban J connectivity index is 2.01. The van der Waals surface area contributed by atoms with Crippen molar-refractivity contribution in [1.82, 2.24) is 15.1 Å². The van der Waals surface area contributed by atoms with E-state index in [-0.39, 0.29) is 17.3 Å². The Morgan fingerprint density at radius 3 is 2.46 bits per heavy atom. The zero-order valence-corrected chi connectivity index (χ0v) is 12.5.